The molecule has 3 rings (SSSR count). The first kappa shape index (κ1) is 11.7. The van der Waals surface area contributed by atoms with E-state index in [-0.39, 0.29) is 5.92 Å². The summed E-state index contributed by atoms with van der Waals surface area (Å²) in [7, 11) is 1.99. The lowest BCUT2D eigenvalue weighted by Crippen LogP contribution is -2.41. The van der Waals surface area contributed by atoms with Gasteiger partial charge in [-0.3, -0.25) is 4.79 Å². The third-order valence-electron chi connectivity index (χ3n) is 3.99. The van der Waals surface area contributed by atoms with Gasteiger partial charge in [0, 0.05) is 39.1 Å². The number of carbonyl (C=O) groups excluding carboxylic acids is 1. The lowest BCUT2D eigenvalue weighted by molar-refractivity contribution is -0.139. The van der Waals surface area contributed by atoms with E-state index >= 15 is 0 Å². The number of nitrogens with zero attached hydrogens (tertiary/aromatic N) is 3. The highest BCUT2D eigenvalue weighted by atomic mass is 16.5. The number of rotatable bonds is 1. The third kappa shape index (κ3) is 2.03. The molecule has 0 unspecified atom stereocenters. The molecule has 98 valence electrons. The van der Waals surface area contributed by atoms with E-state index in [0.29, 0.717) is 12.5 Å². The molecule has 1 aromatic heterocycles. The van der Waals surface area contributed by atoms with Crippen molar-refractivity contribution in [2.45, 2.75) is 25.8 Å². The molecule has 0 saturated carbocycles. The van der Waals surface area contributed by atoms with Crippen LogP contribution in [0.5, 0.6) is 0 Å². The van der Waals surface area contributed by atoms with Crippen LogP contribution < -0.4 is 0 Å². The SMILES string of the molecule is Cn1cnc2c1CN(C(=O)C1CCOCC1)CC2. The maximum atomic E-state index is 12.4. The van der Waals surface area contributed by atoms with Gasteiger partial charge in [0.1, 0.15) is 0 Å². The minimum absolute atomic E-state index is 0.161. The van der Waals surface area contributed by atoms with Crippen molar-refractivity contribution in [1.82, 2.24) is 14.5 Å². The van der Waals surface area contributed by atoms with Gasteiger partial charge in [-0.1, -0.05) is 0 Å². The van der Waals surface area contributed by atoms with Crippen molar-refractivity contribution in [2.24, 2.45) is 13.0 Å². The number of ether oxygens (including phenoxy) is 1. The zero-order valence-corrected chi connectivity index (χ0v) is 10.8. The molecule has 1 fully saturated rings. The molecule has 5 nitrogen and oxygen atoms in total. The minimum Gasteiger partial charge on any atom is -0.381 e. The summed E-state index contributed by atoms with van der Waals surface area (Å²) in [6.07, 6.45) is 4.46. The van der Waals surface area contributed by atoms with E-state index in [4.69, 9.17) is 4.74 Å². The molecule has 0 aliphatic carbocycles. The standard InChI is InChI=1S/C13H19N3O2/c1-15-9-14-11-2-5-16(8-12(11)15)13(17)10-3-6-18-7-4-10/h9-10H,2-8H2,1H3. The molecule has 0 radical (unpaired) electrons. The van der Waals surface area contributed by atoms with Crippen molar-refractivity contribution in [3.63, 3.8) is 0 Å². The van der Waals surface area contributed by atoms with Crippen LogP contribution in [-0.4, -0.2) is 40.1 Å². The number of hydrogen-bond acceptors (Lipinski definition) is 3. The van der Waals surface area contributed by atoms with Crippen LogP contribution >= 0.6 is 0 Å². The zero-order chi connectivity index (χ0) is 12.5. The van der Waals surface area contributed by atoms with Crippen molar-refractivity contribution in [3.05, 3.63) is 17.7 Å². The highest BCUT2D eigenvalue weighted by Gasteiger charge is 2.29. The number of aryl methyl sites for hydroxylation is 1. The highest BCUT2D eigenvalue weighted by Crippen LogP contribution is 2.22. The Bertz CT molecular complexity index is 449. The first-order valence-electron chi connectivity index (χ1n) is 6.61. The molecular formula is C13H19N3O2. The summed E-state index contributed by atoms with van der Waals surface area (Å²) in [4.78, 5) is 18.8. The van der Waals surface area contributed by atoms with E-state index in [9.17, 15) is 4.79 Å². The lowest BCUT2D eigenvalue weighted by atomic mass is 9.97. The van der Waals surface area contributed by atoms with Crippen LogP contribution in [0.1, 0.15) is 24.2 Å². The molecular weight excluding hydrogens is 230 g/mol. The van der Waals surface area contributed by atoms with Crippen LogP contribution in [0.25, 0.3) is 0 Å². The number of carbonyl (C=O) groups is 1. The van der Waals surface area contributed by atoms with Gasteiger partial charge in [-0.15, -0.1) is 0 Å². The normalized spacial score (nSPS) is 20.8. The maximum Gasteiger partial charge on any atom is 0.226 e. The number of hydrogen-bond donors (Lipinski definition) is 0. The summed E-state index contributed by atoms with van der Waals surface area (Å²) >= 11 is 0. The first-order chi connectivity index (χ1) is 8.75. The second kappa shape index (κ2) is 4.72. The zero-order valence-electron chi connectivity index (χ0n) is 10.8. The minimum atomic E-state index is 0.161. The molecule has 0 N–H and O–H groups in total. The number of imidazole rings is 1. The summed E-state index contributed by atoms with van der Waals surface area (Å²) in [5.41, 5.74) is 2.33. The largest absolute Gasteiger partial charge is 0.381 e. The van der Waals surface area contributed by atoms with Gasteiger partial charge in [-0.05, 0) is 12.8 Å². The summed E-state index contributed by atoms with van der Waals surface area (Å²) in [6.45, 7) is 2.96. The van der Waals surface area contributed by atoms with Gasteiger partial charge in [0.2, 0.25) is 5.91 Å². The smallest absolute Gasteiger partial charge is 0.226 e. The Labute approximate surface area is 107 Å². The quantitative estimate of drug-likeness (QED) is 0.737. The van der Waals surface area contributed by atoms with Crippen LogP contribution in [0.4, 0.5) is 0 Å². The summed E-state index contributed by atoms with van der Waals surface area (Å²) in [5, 5.41) is 0. The molecule has 2 aliphatic heterocycles. The Morgan fingerprint density at radius 3 is 3.00 bits per heavy atom. The fourth-order valence-corrected chi connectivity index (χ4v) is 2.81. The van der Waals surface area contributed by atoms with Crippen molar-refractivity contribution < 1.29 is 9.53 Å². The number of fused-ring (bicyclic) bond motifs is 1. The Kier molecular flexibility index (Phi) is 3.07. The van der Waals surface area contributed by atoms with Gasteiger partial charge >= 0.3 is 0 Å². The second-order valence-corrected chi connectivity index (χ2v) is 5.15. The van der Waals surface area contributed by atoms with Gasteiger partial charge in [-0.25, -0.2) is 4.98 Å². The van der Waals surface area contributed by atoms with Crippen LogP contribution in [0, 0.1) is 5.92 Å². The summed E-state index contributed by atoms with van der Waals surface area (Å²) < 4.78 is 7.34. The molecule has 3 heterocycles. The highest BCUT2D eigenvalue weighted by molar-refractivity contribution is 5.79. The Morgan fingerprint density at radius 2 is 2.22 bits per heavy atom. The van der Waals surface area contributed by atoms with Crippen molar-refractivity contribution in [1.29, 1.82) is 0 Å². The molecule has 0 bridgehead atoms. The number of amides is 1. The second-order valence-electron chi connectivity index (χ2n) is 5.15. The summed E-state index contributed by atoms with van der Waals surface area (Å²) in [6, 6.07) is 0. The Balaban J connectivity index is 1.71. The van der Waals surface area contributed by atoms with Crippen LogP contribution in [0.2, 0.25) is 0 Å². The van der Waals surface area contributed by atoms with Crippen LogP contribution in [-0.2, 0) is 29.5 Å². The van der Waals surface area contributed by atoms with E-state index in [0.717, 1.165) is 44.7 Å². The van der Waals surface area contributed by atoms with Gasteiger partial charge in [-0.2, -0.15) is 0 Å². The van der Waals surface area contributed by atoms with E-state index in [1.165, 1.54) is 5.69 Å². The van der Waals surface area contributed by atoms with Crippen molar-refractivity contribution in [3.8, 4) is 0 Å². The number of aromatic nitrogens is 2. The Hall–Kier alpha value is -1.36. The molecule has 5 heteroatoms. The van der Waals surface area contributed by atoms with E-state index < -0.39 is 0 Å². The van der Waals surface area contributed by atoms with Gasteiger partial charge < -0.3 is 14.2 Å². The molecule has 18 heavy (non-hydrogen) atoms. The molecule has 2 aliphatic rings. The van der Waals surface area contributed by atoms with Gasteiger partial charge in [0.05, 0.1) is 24.3 Å². The van der Waals surface area contributed by atoms with E-state index in [1.807, 2.05) is 22.8 Å². The molecule has 1 amide bonds. The van der Waals surface area contributed by atoms with E-state index in [2.05, 4.69) is 4.98 Å². The first-order valence-corrected chi connectivity index (χ1v) is 6.61. The van der Waals surface area contributed by atoms with Crippen molar-refractivity contribution in [2.75, 3.05) is 19.8 Å². The maximum absolute atomic E-state index is 12.4. The molecule has 1 saturated heterocycles. The molecule has 0 spiro atoms. The third-order valence-corrected chi connectivity index (χ3v) is 3.99. The molecule has 0 atom stereocenters. The van der Waals surface area contributed by atoms with E-state index in [1.54, 1.807) is 0 Å². The average molecular weight is 249 g/mol. The average Bonchev–Trinajstić information content (AvgIpc) is 2.80. The van der Waals surface area contributed by atoms with Crippen LogP contribution in [0.15, 0.2) is 6.33 Å². The predicted octanol–water partition coefficient (Wildman–Crippen LogP) is 0.731. The van der Waals surface area contributed by atoms with Crippen molar-refractivity contribution >= 4 is 5.91 Å². The lowest BCUT2D eigenvalue weighted by Gasteiger charge is -2.32. The molecule has 0 aromatic carbocycles. The van der Waals surface area contributed by atoms with Crippen LogP contribution in [0.3, 0.4) is 0 Å². The fourth-order valence-electron chi connectivity index (χ4n) is 2.81. The predicted molar refractivity (Wildman–Crippen MR) is 65.9 cm³/mol. The monoisotopic (exact) mass is 249 g/mol. The van der Waals surface area contributed by atoms with Gasteiger partial charge in [0.25, 0.3) is 0 Å². The van der Waals surface area contributed by atoms with Gasteiger partial charge in [0.15, 0.2) is 0 Å². The molecule has 1 aromatic rings. The topological polar surface area (TPSA) is 47.4 Å². The fraction of sp³-hybridized carbons (Fsp3) is 0.692. The summed E-state index contributed by atoms with van der Waals surface area (Å²) in [5.74, 6) is 0.457. The Morgan fingerprint density at radius 1 is 1.44 bits per heavy atom.